The minimum atomic E-state index is -5.00. The number of carbonyl (C=O) groups is 2. The van der Waals surface area contributed by atoms with Gasteiger partial charge in [0.1, 0.15) is 5.75 Å². The van der Waals surface area contributed by atoms with Crippen molar-refractivity contribution in [1.82, 2.24) is 19.1 Å². The van der Waals surface area contributed by atoms with Crippen LogP contribution in [0.5, 0.6) is 5.75 Å². The summed E-state index contributed by atoms with van der Waals surface area (Å²) in [6, 6.07) is 12.5. The van der Waals surface area contributed by atoms with Crippen molar-refractivity contribution in [3.05, 3.63) is 53.6 Å². The summed E-state index contributed by atoms with van der Waals surface area (Å²) in [4.78, 5) is 31.2. The SMILES string of the molecule is CCN(CCN(C)C)C(=O)C1(Cn2c(-c3ccc(OC)cc3)c(C3CCCCC3)c3ccc(C(=O)NS(=O)(=O)CC(F)(F)F)cc32)CC1. The summed E-state index contributed by atoms with van der Waals surface area (Å²) in [5.41, 5.74) is 2.84. The van der Waals surface area contributed by atoms with Crippen LogP contribution < -0.4 is 9.46 Å². The van der Waals surface area contributed by atoms with E-state index < -0.39 is 33.3 Å². The van der Waals surface area contributed by atoms with Crippen LogP contribution in [0.15, 0.2) is 42.5 Å². The number of sulfonamides is 1. The van der Waals surface area contributed by atoms with E-state index in [0.717, 1.165) is 60.9 Å². The predicted molar refractivity (Wildman–Crippen MR) is 180 cm³/mol. The van der Waals surface area contributed by atoms with E-state index in [1.807, 2.05) is 55.1 Å². The van der Waals surface area contributed by atoms with E-state index in [2.05, 4.69) is 4.57 Å². The summed E-state index contributed by atoms with van der Waals surface area (Å²) in [5, 5.41) is 0.880. The molecule has 1 aromatic heterocycles. The molecule has 2 amide bonds. The van der Waals surface area contributed by atoms with Gasteiger partial charge in [0, 0.05) is 42.6 Å². The lowest BCUT2D eigenvalue weighted by atomic mass is 9.81. The lowest BCUT2D eigenvalue weighted by Gasteiger charge is -2.29. The molecule has 2 aliphatic carbocycles. The van der Waals surface area contributed by atoms with Crippen molar-refractivity contribution >= 4 is 32.7 Å². The minimum absolute atomic E-state index is 0.0701. The second-order valence-corrected chi connectivity index (χ2v) is 15.1. The number of aromatic nitrogens is 1. The zero-order valence-corrected chi connectivity index (χ0v) is 28.8. The lowest BCUT2D eigenvalue weighted by Crippen LogP contribution is -2.42. The lowest BCUT2D eigenvalue weighted by molar-refractivity contribution is -0.137. The monoisotopic (exact) mass is 690 g/mol. The molecule has 1 heterocycles. The number of benzene rings is 2. The van der Waals surface area contributed by atoms with Crippen LogP contribution in [0.2, 0.25) is 0 Å². The van der Waals surface area contributed by atoms with Crippen LogP contribution in [-0.2, 0) is 21.4 Å². The molecule has 262 valence electrons. The zero-order chi connectivity index (χ0) is 34.9. The number of methoxy groups -OCH3 is 1. The van der Waals surface area contributed by atoms with Crippen LogP contribution in [0, 0.1) is 5.41 Å². The number of nitrogens with one attached hydrogen (secondary N) is 1. The zero-order valence-electron chi connectivity index (χ0n) is 28.0. The number of fused-ring (bicyclic) bond motifs is 1. The van der Waals surface area contributed by atoms with Crippen molar-refractivity contribution in [3.63, 3.8) is 0 Å². The molecule has 2 saturated carbocycles. The fourth-order valence-electron chi connectivity index (χ4n) is 6.95. The third kappa shape index (κ3) is 7.99. The number of ether oxygens (including phenoxy) is 1. The average molecular weight is 691 g/mol. The highest BCUT2D eigenvalue weighted by Crippen LogP contribution is 2.52. The van der Waals surface area contributed by atoms with Crippen LogP contribution >= 0.6 is 0 Å². The van der Waals surface area contributed by atoms with E-state index in [1.54, 1.807) is 24.0 Å². The Hall–Kier alpha value is -3.58. The molecule has 3 aromatic rings. The first kappa shape index (κ1) is 35.7. The highest BCUT2D eigenvalue weighted by Gasteiger charge is 2.52. The molecule has 48 heavy (non-hydrogen) atoms. The summed E-state index contributed by atoms with van der Waals surface area (Å²) >= 11 is 0. The molecular formula is C35H45F3N4O5S. The number of hydrogen-bond acceptors (Lipinski definition) is 6. The number of carbonyl (C=O) groups excluding carboxylic acids is 2. The maximum atomic E-state index is 14.2. The van der Waals surface area contributed by atoms with Gasteiger partial charge >= 0.3 is 6.18 Å². The van der Waals surface area contributed by atoms with Gasteiger partial charge in [0.05, 0.1) is 18.2 Å². The van der Waals surface area contributed by atoms with Crippen molar-refractivity contribution in [3.8, 4) is 17.0 Å². The highest BCUT2D eigenvalue weighted by atomic mass is 32.2. The average Bonchev–Trinajstić information content (AvgIpc) is 3.75. The van der Waals surface area contributed by atoms with E-state index >= 15 is 0 Å². The van der Waals surface area contributed by atoms with E-state index in [9.17, 15) is 31.2 Å². The van der Waals surface area contributed by atoms with E-state index in [-0.39, 0.29) is 17.4 Å². The number of alkyl halides is 3. The van der Waals surface area contributed by atoms with Crippen LogP contribution in [-0.4, -0.2) is 87.4 Å². The van der Waals surface area contributed by atoms with Gasteiger partial charge < -0.3 is 19.1 Å². The normalized spacial score (nSPS) is 16.7. The number of likely N-dealkylation sites (N-methyl/N-ethyl adjacent to an activating group) is 2. The Bertz CT molecular complexity index is 1740. The Morgan fingerprint density at radius 3 is 2.25 bits per heavy atom. The summed E-state index contributed by atoms with van der Waals surface area (Å²) in [7, 11) is 0.557. The molecule has 0 bridgehead atoms. The summed E-state index contributed by atoms with van der Waals surface area (Å²) in [6.07, 6.45) is 1.60. The van der Waals surface area contributed by atoms with Crippen molar-refractivity contribution in [2.24, 2.45) is 5.41 Å². The van der Waals surface area contributed by atoms with Gasteiger partial charge in [-0.15, -0.1) is 0 Å². The largest absolute Gasteiger partial charge is 0.497 e. The second kappa shape index (κ2) is 14.1. The third-order valence-electron chi connectivity index (χ3n) is 9.60. The van der Waals surface area contributed by atoms with Gasteiger partial charge in [0.25, 0.3) is 5.91 Å². The summed E-state index contributed by atoms with van der Waals surface area (Å²) in [6.45, 7) is 4.19. The van der Waals surface area contributed by atoms with Crippen molar-refractivity contribution in [2.75, 3.05) is 46.6 Å². The molecule has 0 unspecified atom stereocenters. The fourth-order valence-corrected chi connectivity index (χ4v) is 7.85. The number of halogens is 3. The molecule has 0 saturated heterocycles. The second-order valence-electron chi connectivity index (χ2n) is 13.4. The maximum Gasteiger partial charge on any atom is 0.404 e. The first-order valence-corrected chi connectivity index (χ1v) is 18.2. The molecule has 1 N–H and O–H groups in total. The van der Waals surface area contributed by atoms with Crippen molar-refractivity contribution in [1.29, 1.82) is 0 Å². The van der Waals surface area contributed by atoms with Gasteiger partial charge in [-0.1, -0.05) is 25.3 Å². The highest BCUT2D eigenvalue weighted by molar-refractivity contribution is 7.90. The minimum Gasteiger partial charge on any atom is -0.497 e. The first-order valence-electron chi connectivity index (χ1n) is 16.5. The number of rotatable bonds is 13. The molecule has 2 aliphatic rings. The molecule has 2 aromatic carbocycles. The molecule has 0 spiro atoms. The summed E-state index contributed by atoms with van der Waals surface area (Å²) in [5.74, 6) is -2.33. The third-order valence-corrected chi connectivity index (χ3v) is 10.8. The molecule has 9 nitrogen and oxygen atoms in total. The quantitative estimate of drug-likeness (QED) is 0.230. The van der Waals surface area contributed by atoms with Gasteiger partial charge in [-0.3, -0.25) is 9.59 Å². The van der Waals surface area contributed by atoms with Gasteiger partial charge in [-0.05, 0) is 100 Å². The number of hydrogen-bond donors (Lipinski definition) is 1. The van der Waals surface area contributed by atoms with Gasteiger partial charge in [-0.25, -0.2) is 13.1 Å². The van der Waals surface area contributed by atoms with E-state index in [1.165, 1.54) is 6.07 Å². The van der Waals surface area contributed by atoms with E-state index in [4.69, 9.17) is 4.74 Å². The predicted octanol–water partition coefficient (Wildman–Crippen LogP) is 6.18. The number of amides is 2. The first-order chi connectivity index (χ1) is 22.7. The smallest absolute Gasteiger partial charge is 0.404 e. The Labute approximate surface area is 280 Å². The fraction of sp³-hybridized carbons (Fsp3) is 0.543. The van der Waals surface area contributed by atoms with Crippen LogP contribution in [0.25, 0.3) is 22.2 Å². The van der Waals surface area contributed by atoms with E-state index in [0.29, 0.717) is 43.7 Å². The van der Waals surface area contributed by atoms with Crippen LogP contribution in [0.4, 0.5) is 13.2 Å². The van der Waals surface area contributed by atoms with Gasteiger partial charge in [0.15, 0.2) is 5.75 Å². The van der Waals surface area contributed by atoms with Gasteiger partial charge in [0.2, 0.25) is 15.9 Å². The van der Waals surface area contributed by atoms with Crippen LogP contribution in [0.1, 0.15) is 73.7 Å². The van der Waals surface area contributed by atoms with Crippen molar-refractivity contribution < 1.29 is 35.9 Å². The summed E-state index contributed by atoms with van der Waals surface area (Å²) < 4.78 is 72.3. The molecule has 0 atom stereocenters. The molecule has 0 radical (unpaired) electrons. The molecule has 2 fully saturated rings. The molecule has 13 heteroatoms. The topological polar surface area (TPSA) is 101 Å². The Morgan fingerprint density at radius 2 is 1.69 bits per heavy atom. The number of nitrogens with zero attached hydrogens (tertiary/aromatic N) is 3. The maximum absolute atomic E-state index is 14.2. The standard InChI is InChI=1S/C35H45F3N4O5S/c1-5-41(20-19-40(2)3)33(44)34(17-18-34)22-42-29-21-26(32(43)39-48(45,46)23-35(36,37)38)13-16-28(29)30(24-9-7-6-8-10-24)31(42)25-11-14-27(47-4)15-12-25/h11-16,21,24H,5-10,17-20,22-23H2,1-4H3,(H,39,43). The Morgan fingerprint density at radius 1 is 1.02 bits per heavy atom. The Kier molecular flexibility index (Phi) is 10.5. The Balaban J connectivity index is 1.67. The molecule has 5 rings (SSSR count). The molecular weight excluding hydrogens is 645 g/mol. The molecule has 0 aliphatic heterocycles. The van der Waals surface area contributed by atoms with Gasteiger partial charge in [-0.2, -0.15) is 13.2 Å². The van der Waals surface area contributed by atoms with Crippen LogP contribution in [0.3, 0.4) is 0 Å². The van der Waals surface area contributed by atoms with Crippen molar-refractivity contribution in [2.45, 2.75) is 70.5 Å².